The predicted octanol–water partition coefficient (Wildman–Crippen LogP) is 2.41. The standard InChI is InChI=1S/C16H10FN5O2/c17-12-6-11(8-18-9-12)13-7-14(23)22(21-13)16-20-19-15(24-16)10-4-2-1-3-5-10/h1-6,8-9H,7H2. The van der Waals surface area contributed by atoms with E-state index in [2.05, 4.69) is 20.3 Å². The molecule has 0 N–H and O–H groups in total. The summed E-state index contributed by atoms with van der Waals surface area (Å²) in [5.41, 5.74) is 1.57. The SMILES string of the molecule is O=C1CC(c2cncc(F)c2)=NN1c1nnc(-c2ccccc2)o1. The zero-order valence-corrected chi connectivity index (χ0v) is 12.3. The molecule has 4 rings (SSSR count). The number of halogens is 1. The van der Waals surface area contributed by atoms with Crippen LogP contribution in [0.25, 0.3) is 11.5 Å². The first kappa shape index (κ1) is 14.2. The summed E-state index contributed by atoms with van der Waals surface area (Å²) in [6.07, 6.45) is 2.54. The normalized spacial score (nSPS) is 14.1. The van der Waals surface area contributed by atoms with Crippen LogP contribution < -0.4 is 5.01 Å². The highest BCUT2D eigenvalue weighted by Gasteiger charge is 2.30. The Labute approximate surface area is 135 Å². The Bertz CT molecular complexity index is 938. The van der Waals surface area contributed by atoms with Crippen LogP contribution in [0, 0.1) is 5.82 Å². The van der Waals surface area contributed by atoms with Gasteiger partial charge in [-0.2, -0.15) is 5.10 Å². The molecule has 0 unspecified atom stereocenters. The van der Waals surface area contributed by atoms with E-state index in [4.69, 9.17) is 4.42 Å². The highest BCUT2D eigenvalue weighted by atomic mass is 19.1. The minimum Gasteiger partial charge on any atom is -0.402 e. The Kier molecular flexibility index (Phi) is 3.34. The molecule has 0 bridgehead atoms. The zero-order valence-electron chi connectivity index (χ0n) is 12.3. The van der Waals surface area contributed by atoms with Crippen molar-refractivity contribution in [1.29, 1.82) is 0 Å². The van der Waals surface area contributed by atoms with E-state index in [0.29, 0.717) is 11.3 Å². The molecular weight excluding hydrogens is 313 g/mol. The van der Waals surface area contributed by atoms with Gasteiger partial charge in [-0.25, -0.2) is 4.39 Å². The number of rotatable bonds is 3. The second kappa shape index (κ2) is 5.65. The lowest BCUT2D eigenvalue weighted by Gasteiger charge is -2.03. The topological polar surface area (TPSA) is 84.5 Å². The first-order valence-corrected chi connectivity index (χ1v) is 7.11. The summed E-state index contributed by atoms with van der Waals surface area (Å²) in [5.74, 6) is -0.544. The van der Waals surface area contributed by atoms with Crippen molar-refractivity contribution in [3.05, 3.63) is 60.2 Å². The van der Waals surface area contributed by atoms with Crippen LogP contribution in [0.15, 0.2) is 58.3 Å². The van der Waals surface area contributed by atoms with E-state index >= 15 is 0 Å². The van der Waals surface area contributed by atoms with Crippen molar-refractivity contribution in [3.8, 4) is 11.5 Å². The number of aromatic nitrogens is 3. The molecule has 2 aromatic heterocycles. The number of pyridine rings is 1. The number of carbonyl (C=O) groups excluding carboxylic acids is 1. The summed E-state index contributed by atoms with van der Waals surface area (Å²) < 4.78 is 18.8. The largest absolute Gasteiger partial charge is 0.402 e. The van der Waals surface area contributed by atoms with Crippen molar-refractivity contribution in [2.24, 2.45) is 5.10 Å². The van der Waals surface area contributed by atoms with Gasteiger partial charge >= 0.3 is 6.01 Å². The number of benzene rings is 1. The molecule has 1 aliphatic heterocycles. The number of hydrazone groups is 1. The number of nitrogens with zero attached hydrogens (tertiary/aromatic N) is 5. The smallest absolute Gasteiger partial charge is 0.347 e. The van der Waals surface area contributed by atoms with Crippen molar-refractivity contribution >= 4 is 17.6 Å². The van der Waals surface area contributed by atoms with E-state index in [-0.39, 0.29) is 24.2 Å². The van der Waals surface area contributed by atoms with Gasteiger partial charge in [-0.3, -0.25) is 9.78 Å². The molecule has 3 heterocycles. The third-order valence-corrected chi connectivity index (χ3v) is 3.43. The van der Waals surface area contributed by atoms with Crippen LogP contribution in [0.1, 0.15) is 12.0 Å². The first-order valence-electron chi connectivity index (χ1n) is 7.11. The van der Waals surface area contributed by atoms with Gasteiger partial charge in [-0.05, 0) is 18.2 Å². The van der Waals surface area contributed by atoms with Crippen molar-refractivity contribution in [3.63, 3.8) is 0 Å². The molecule has 1 amide bonds. The van der Waals surface area contributed by atoms with Crippen molar-refractivity contribution in [1.82, 2.24) is 15.2 Å². The average Bonchev–Trinajstić information content (AvgIpc) is 3.22. The first-order chi connectivity index (χ1) is 11.7. The quantitative estimate of drug-likeness (QED) is 0.739. The summed E-state index contributed by atoms with van der Waals surface area (Å²) in [6, 6.07) is 10.4. The van der Waals surface area contributed by atoms with Crippen LogP contribution in [0.5, 0.6) is 0 Å². The summed E-state index contributed by atoms with van der Waals surface area (Å²) >= 11 is 0. The molecule has 3 aromatic rings. The van der Waals surface area contributed by atoms with Crippen LogP contribution in [-0.2, 0) is 4.79 Å². The molecule has 1 aromatic carbocycles. The summed E-state index contributed by atoms with van der Waals surface area (Å²) in [6.45, 7) is 0. The number of hydrogen-bond acceptors (Lipinski definition) is 6. The number of anilines is 1. The molecule has 7 nitrogen and oxygen atoms in total. The molecule has 1 aliphatic rings. The van der Waals surface area contributed by atoms with Crippen LogP contribution >= 0.6 is 0 Å². The lowest BCUT2D eigenvalue weighted by Crippen LogP contribution is -2.19. The Morgan fingerprint density at radius 1 is 1.08 bits per heavy atom. The van der Waals surface area contributed by atoms with Gasteiger partial charge < -0.3 is 4.42 Å². The predicted molar refractivity (Wildman–Crippen MR) is 82.6 cm³/mol. The molecule has 0 saturated heterocycles. The molecule has 0 aliphatic carbocycles. The Morgan fingerprint density at radius 3 is 2.71 bits per heavy atom. The number of carbonyl (C=O) groups is 1. The van der Waals surface area contributed by atoms with Gasteiger partial charge in [-0.1, -0.05) is 23.3 Å². The fourth-order valence-corrected chi connectivity index (χ4v) is 2.31. The molecule has 8 heteroatoms. The van der Waals surface area contributed by atoms with E-state index in [1.165, 1.54) is 12.3 Å². The average molecular weight is 323 g/mol. The van der Waals surface area contributed by atoms with Gasteiger partial charge in [-0.15, -0.1) is 10.1 Å². The van der Waals surface area contributed by atoms with Gasteiger partial charge in [0.2, 0.25) is 5.89 Å². The van der Waals surface area contributed by atoms with E-state index < -0.39 is 5.82 Å². The molecule has 0 spiro atoms. The maximum Gasteiger partial charge on any atom is 0.347 e. The third-order valence-electron chi connectivity index (χ3n) is 3.43. The van der Waals surface area contributed by atoms with E-state index in [1.807, 2.05) is 30.3 Å². The molecule has 0 atom stereocenters. The summed E-state index contributed by atoms with van der Waals surface area (Å²) in [7, 11) is 0. The Hall–Kier alpha value is -3.42. The second-order valence-corrected chi connectivity index (χ2v) is 5.08. The zero-order chi connectivity index (χ0) is 16.5. The third kappa shape index (κ3) is 2.54. The van der Waals surface area contributed by atoms with Crippen LogP contribution in [0.4, 0.5) is 10.4 Å². The van der Waals surface area contributed by atoms with Crippen molar-refractivity contribution in [2.45, 2.75) is 6.42 Å². The fourth-order valence-electron chi connectivity index (χ4n) is 2.31. The molecule has 24 heavy (non-hydrogen) atoms. The van der Waals surface area contributed by atoms with Crippen LogP contribution in [0.2, 0.25) is 0 Å². The van der Waals surface area contributed by atoms with Gasteiger partial charge in [0.05, 0.1) is 18.3 Å². The monoisotopic (exact) mass is 323 g/mol. The van der Waals surface area contributed by atoms with Gasteiger partial charge in [0.25, 0.3) is 5.91 Å². The van der Waals surface area contributed by atoms with E-state index in [9.17, 15) is 9.18 Å². The highest BCUT2D eigenvalue weighted by Crippen LogP contribution is 2.25. The molecule has 0 saturated carbocycles. The number of hydrogen-bond donors (Lipinski definition) is 0. The van der Waals surface area contributed by atoms with E-state index in [0.717, 1.165) is 16.8 Å². The maximum absolute atomic E-state index is 13.3. The fraction of sp³-hybridized carbons (Fsp3) is 0.0625. The summed E-state index contributed by atoms with van der Waals surface area (Å²) in [5, 5.41) is 13.0. The minimum absolute atomic E-state index is 0.00812. The van der Waals surface area contributed by atoms with Crippen LogP contribution in [0.3, 0.4) is 0 Å². The lowest BCUT2D eigenvalue weighted by atomic mass is 10.1. The second-order valence-electron chi connectivity index (χ2n) is 5.08. The number of amides is 1. The van der Waals surface area contributed by atoms with Crippen molar-refractivity contribution < 1.29 is 13.6 Å². The highest BCUT2D eigenvalue weighted by molar-refractivity contribution is 6.18. The van der Waals surface area contributed by atoms with Gasteiger partial charge in [0.1, 0.15) is 5.82 Å². The molecular formula is C16H10FN5O2. The van der Waals surface area contributed by atoms with Crippen molar-refractivity contribution in [2.75, 3.05) is 5.01 Å². The molecule has 0 fully saturated rings. The Morgan fingerprint density at radius 2 is 1.92 bits per heavy atom. The van der Waals surface area contributed by atoms with E-state index in [1.54, 1.807) is 0 Å². The minimum atomic E-state index is -0.495. The molecule has 0 radical (unpaired) electrons. The maximum atomic E-state index is 13.3. The van der Waals surface area contributed by atoms with Gasteiger partial charge in [0.15, 0.2) is 0 Å². The lowest BCUT2D eigenvalue weighted by molar-refractivity contribution is -0.117. The van der Waals surface area contributed by atoms with Crippen LogP contribution in [-0.4, -0.2) is 26.8 Å². The summed E-state index contributed by atoms with van der Waals surface area (Å²) in [4.78, 5) is 15.9. The molecule has 118 valence electrons. The van der Waals surface area contributed by atoms with Gasteiger partial charge in [0, 0.05) is 17.3 Å². The Balaban J connectivity index is 1.65.